The Hall–Kier alpha value is -0.980. The van der Waals surface area contributed by atoms with Gasteiger partial charge in [0.1, 0.15) is 0 Å². The van der Waals surface area contributed by atoms with Crippen LogP contribution < -0.4 is 0 Å². The molecular formula is C9H6IN3OS. The second-order valence-electron chi connectivity index (χ2n) is 2.58. The zero-order valence-electron chi connectivity index (χ0n) is 7.46. The fraction of sp³-hybridized carbons (Fsp3) is 0. The molecule has 1 amide bonds. The van der Waals surface area contributed by atoms with Crippen molar-refractivity contribution in [2.75, 3.05) is 0 Å². The Morgan fingerprint density at radius 2 is 2.07 bits per heavy atom. The van der Waals surface area contributed by atoms with E-state index in [0.717, 1.165) is 9.13 Å². The van der Waals surface area contributed by atoms with E-state index in [1.165, 1.54) is 0 Å². The molecule has 0 atom stereocenters. The summed E-state index contributed by atoms with van der Waals surface area (Å²) in [6.07, 6.45) is 1.55. The number of amides is 1. The number of thiol groups is 1. The van der Waals surface area contributed by atoms with Crippen molar-refractivity contribution < 1.29 is 4.79 Å². The number of hydrogen-bond acceptors (Lipinski definition) is 2. The van der Waals surface area contributed by atoms with Crippen molar-refractivity contribution in [2.24, 2.45) is 5.11 Å². The average Bonchev–Trinajstić information content (AvgIpc) is 2.22. The smallest absolute Gasteiger partial charge is 0.255 e. The highest BCUT2D eigenvalue weighted by molar-refractivity contribution is 14.1. The number of carbonyl (C=O) groups is 1. The lowest BCUT2D eigenvalue weighted by Gasteiger charge is -1.95. The van der Waals surface area contributed by atoms with Gasteiger partial charge in [-0.3, -0.25) is 4.79 Å². The van der Waals surface area contributed by atoms with Crippen LogP contribution in [0.1, 0.15) is 5.56 Å². The van der Waals surface area contributed by atoms with Crippen LogP contribution in [0.5, 0.6) is 0 Å². The number of carbonyl (C=O) groups excluding carboxylic acids is 1. The molecule has 0 aliphatic heterocycles. The summed E-state index contributed by atoms with van der Waals surface area (Å²) in [6.45, 7) is 0. The molecule has 1 aromatic rings. The van der Waals surface area contributed by atoms with E-state index in [1.54, 1.807) is 6.08 Å². The van der Waals surface area contributed by atoms with Crippen molar-refractivity contribution in [2.45, 2.75) is 0 Å². The molecule has 0 spiro atoms. The van der Waals surface area contributed by atoms with Crippen molar-refractivity contribution in [3.8, 4) is 0 Å². The maximum absolute atomic E-state index is 11.0. The first kappa shape index (κ1) is 12.1. The van der Waals surface area contributed by atoms with Crippen molar-refractivity contribution in [1.29, 1.82) is 0 Å². The summed E-state index contributed by atoms with van der Waals surface area (Å²) < 4.78 is 1.10. The lowest BCUT2D eigenvalue weighted by Crippen LogP contribution is -1.90. The van der Waals surface area contributed by atoms with Gasteiger partial charge in [-0.1, -0.05) is 12.1 Å². The first-order valence-electron chi connectivity index (χ1n) is 3.89. The number of azide groups is 1. The zero-order valence-corrected chi connectivity index (χ0v) is 10.5. The summed E-state index contributed by atoms with van der Waals surface area (Å²) in [4.78, 5) is 13.6. The molecule has 15 heavy (non-hydrogen) atoms. The van der Waals surface area contributed by atoms with Crippen LogP contribution in [0, 0.1) is 3.57 Å². The molecule has 0 saturated carbocycles. The first-order chi connectivity index (χ1) is 7.13. The van der Waals surface area contributed by atoms with E-state index in [4.69, 9.17) is 5.53 Å². The third-order valence-corrected chi connectivity index (χ3v) is 2.57. The molecule has 0 heterocycles. The largest absolute Gasteiger partial charge is 0.286 e. The van der Waals surface area contributed by atoms with Crippen LogP contribution in [0.3, 0.4) is 0 Å². The topological polar surface area (TPSA) is 65.8 Å². The molecule has 0 radical (unpaired) electrons. The molecule has 1 aromatic carbocycles. The Bertz CT molecular complexity index is 449. The van der Waals surface area contributed by atoms with Gasteiger partial charge in [0.05, 0.1) is 4.91 Å². The molecule has 0 fully saturated rings. The van der Waals surface area contributed by atoms with Gasteiger partial charge in [-0.2, -0.15) is 0 Å². The Labute approximate surface area is 106 Å². The minimum atomic E-state index is -0.681. The van der Waals surface area contributed by atoms with E-state index < -0.39 is 5.91 Å². The van der Waals surface area contributed by atoms with Crippen molar-refractivity contribution in [3.05, 3.63) is 48.7 Å². The van der Waals surface area contributed by atoms with Crippen LogP contribution in [0.2, 0.25) is 0 Å². The molecule has 0 aliphatic carbocycles. The number of hydrogen-bond donors (Lipinski definition) is 1. The normalized spacial score (nSPS) is 10.7. The van der Waals surface area contributed by atoms with E-state index in [9.17, 15) is 4.79 Å². The molecular weight excluding hydrogens is 325 g/mol. The Morgan fingerprint density at radius 1 is 1.47 bits per heavy atom. The van der Waals surface area contributed by atoms with Crippen molar-refractivity contribution >= 4 is 47.2 Å². The monoisotopic (exact) mass is 331 g/mol. The van der Waals surface area contributed by atoms with Crippen molar-refractivity contribution in [1.82, 2.24) is 0 Å². The molecule has 0 aromatic heterocycles. The first-order valence-corrected chi connectivity index (χ1v) is 5.42. The summed E-state index contributed by atoms with van der Waals surface area (Å²) in [5, 5.41) is 2.93. The van der Waals surface area contributed by atoms with Crippen LogP contribution in [-0.2, 0) is 4.79 Å². The predicted octanol–water partition coefficient (Wildman–Crippen LogP) is 3.40. The fourth-order valence-electron chi connectivity index (χ4n) is 0.870. The molecule has 0 N–H and O–H groups in total. The molecule has 6 heteroatoms. The Morgan fingerprint density at radius 3 is 2.60 bits per heavy atom. The molecule has 76 valence electrons. The summed E-state index contributed by atoms with van der Waals surface area (Å²) in [7, 11) is 0. The van der Waals surface area contributed by atoms with Gasteiger partial charge in [-0.25, -0.2) is 0 Å². The summed E-state index contributed by atoms with van der Waals surface area (Å²) in [5.41, 5.74) is 8.90. The van der Waals surface area contributed by atoms with E-state index in [2.05, 4.69) is 45.2 Å². The van der Waals surface area contributed by atoms with E-state index in [0.29, 0.717) is 0 Å². The minimum absolute atomic E-state index is 0.119. The average molecular weight is 331 g/mol. The van der Waals surface area contributed by atoms with Gasteiger partial charge in [0, 0.05) is 8.48 Å². The van der Waals surface area contributed by atoms with Crippen molar-refractivity contribution in [3.63, 3.8) is 0 Å². The molecule has 0 saturated heterocycles. The Kier molecular flexibility index (Phi) is 4.67. The van der Waals surface area contributed by atoms with Crippen LogP contribution in [0.15, 0.2) is 34.3 Å². The summed E-state index contributed by atoms with van der Waals surface area (Å²) in [5.74, 6) is -0.681. The second-order valence-corrected chi connectivity index (χ2v) is 4.30. The quantitative estimate of drug-likeness (QED) is 0.221. The van der Waals surface area contributed by atoms with Gasteiger partial charge in [0.25, 0.3) is 5.91 Å². The van der Waals surface area contributed by atoms with Gasteiger partial charge < -0.3 is 0 Å². The number of nitrogens with zero attached hydrogens (tertiary/aromatic N) is 3. The van der Waals surface area contributed by atoms with Gasteiger partial charge in [-0.15, -0.1) is 12.6 Å². The third-order valence-electron chi connectivity index (χ3n) is 1.53. The molecule has 1 rings (SSSR count). The predicted molar refractivity (Wildman–Crippen MR) is 70.3 cm³/mol. The number of benzene rings is 1. The molecule has 0 aliphatic rings. The summed E-state index contributed by atoms with van der Waals surface area (Å²) in [6, 6.07) is 7.51. The van der Waals surface area contributed by atoms with E-state index >= 15 is 0 Å². The SMILES string of the molecule is [N-]=[N+]=NC(=O)/C(S)=C/c1ccc(I)cc1. The Balaban J connectivity index is 2.92. The number of rotatable bonds is 2. The molecule has 0 bridgehead atoms. The van der Waals surface area contributed by atoms with Gasteiger partial charge in [0.2, 0.25) is 0 Å². The highest BCUT2D eigenvalue weighted by atomic mass is 127. The third kappa shape index (κ3) is 3.94. The van der Waals surface area contributed by atoms with Crippen LogP contribution in [0.4, 0.5) is 0 Å². The van der Waals surface area contributed by atoms with E-state index in [1.807, 2.05) is 24.3 Å². The van der Waals surface area contributed by atoms with Gasteiger partial charge in [-0.05, 0) is 57.0 Å². The molecule has 4 nitrogen and oxygen atoms in total. The lowest BCUT2D eigenvalue weighted by atomic mass is 10.2. The second kappa shape index (κ2) is 5.79. The summed E-state index contributed by atoms with van der Waals surface area (Å²) >= 11 is 6.12. The molecule has 0 unspecified atom stereocenters. The maximum atomic E-state index is 11.0. The maximum Gasteiger partial charge on any atom is 0.255 e. The van der Waals surface area contributed by atoms with Crippen LogP contribution in [-0.4, -0.2) is 5.91 Å². The zero-order chi connectivity index (χ0) is 11.3. The van der Waals surface area contributed by atoms with Gasteiger partial charge >= 0.3 is 0 Å². The fourth-order valence-corrected chi connectivity index (χ4v) is 1.42. The minimum Gasteiger partial charge on any atom is -0.286 e. The lowest BCUT2D eigenvalue weighted by molar-refractivity contribution is -0.113. The highest BCUT2D eigenvalue weighted by Crippen LogP contribution is 2.13. The van der Waals surface area contributed by atoms with Gasteiger partial charge in [0.15, 0.2) is 0 Å². The highest BCUT2D eigenvalue weighted by Gasteiger charge is 2.01. The van der Waals surface area contributed by atoms with Crippen LogP contribution >= 0.6 is 35.2 Å². The van der Waals surface area contributed by atoms with E-state index in [-0.39, 0.29) is 4.91 Å². The number of halogens is 1. The van der Waals surface area contributed by atoms with Crippen LogP contribution in [0.25, 0.3) is 16.5 Å². The standard InChI is InChI=1S/C9H6IN3OS/c10-7-3-1-6(2-4-7)5-8(15)9(14)12-13-11/h1-5,15H/b8-5-.